The molecule has 0 saturated heterocycles. The number of aliphatic hydroxyl groups excluding tert-OH is 1. The zero-order valence-electron chi connectivity index (χ0n) is 16.3. The summed E-state index contributed by atoms with van der Waals surface area (Å²) in [4.78, 5) is 19.7. The van der Waals surface area contributed by atoms with E-state index < -0.39 is 18.2 Å². The number of esters is 1. The van der Waals surface area contributed by atoms with E-state index in [1.807, 2.05) is 25.1 Å². The van der Waals surface area contributed by atoms with Crippen LogP contribution in [-0.4, -0.2) is 44.0 Å². The van der Waals surface area contributed by atoms with E-state index in [2.05, 4.69) is 25.1 Å². The summed E-state index contributed by atoms with van der Waals surface area (Å²) in [6.07, 6.45) is 2.41. The molecule has 2 heterocycles. The molecule has 2 atom stereocenters. The van der Waals surface area contributed by atoms with E-state index in [-0.39, 0.29) is 6.54 Å². The fourth-order valence-electron chi connectivity index (χ4n) is 2.81. The number of aryl methyl sites for hydroxylation is 1. The monoisotopic (exact) mass is 399 g/mol. The number of carbonyl (C=O) groups excluding carboxylic acids is 1. The van der Waals surface area contributed by atoms with E-state index in [9.17, 15) is 14.3 Å². The van der Waals surface area contributed by atoms with Crippen LogP contribution in [0.1, 0.15) is 24.4 Å². The molecule has 0 radical (unpaired) electrons. The number of aliphatic hydroxyl groups is 1. The van der Waals surface area contributed by atoms with E-state index in [1.165, 1.54) is 31.0 Å². The molecule has 3 aromatic rings. The molecular formula is C20H22FN5O3. The van der Waals surface area contributed by atoms with Crippen molar-refractivity contribution in [2.24, 2.45) is 0 Å². The van der Waals surface area contributed by atoms with Crippen molar-refractivity contribution in [1.82, 2.24) is 19.7 Å². The molecule has 0 aliphatic heterocycles. The summed E-state index contributed by atoms with van der Waals surface area (Å²) in [5.41, 5.74) is 3.72. The zero-order chi connectivity index (χ0) is 21.0. The van der Waals surface area contributed by atoms with Gasteiger partial charge in [-0.3, -0.25) is 4.68 Å². The Hall–Kier alpha value is -3.33. The van der Waals surface area contributed by atoms with Crippen molar-refractivity contribution >= 4 is 17.6 Å². The number of rotatable bonds is 7. The number of halogens is 1. The van der Waals surface area contributed by atoms with Crippen molar-refractivity contribution in [2.45, 2.75) is 32.7 Å². The summed E-state index contributed by atoms with van der Waals surface area (Å²) >= 11 is 0. The molecule has 0 amide bonds. The quantitative estimate of drug-likeness (QED) is 0.589. The minimum Gasteiger partial charge on any atom is -0.467 e. The van der Waals surface area contributed by atoms with Gasteiger partial charge in [0.05, 0.1) is 25.5 Å². The van der Waals surface area contributed by atoms with Gasteiger partial charge in [-0.15, -0.1) is 0 Å². The highest BCUT2D eigenvalue weighted by Gasteiger charge is 2.17. The first-order valence-corrected chi connectivity index (χ1v) is 9.00. The van der Waals surface area contributed by atoms with Crippen LogP contribution < -0.4 is 5.32 Å². The topological polar surface area (TPSA) is 102 Å². The first-order valence-electron chi connectivity index (χ1n) is 9.00. The van der Waals surface area contributed by atoms with Gasteiger partial charge in [0.1, 0.15) is 6.17 Å². The van der Waals surface area contributed by atoms with Gasteiger partial charge >= 0.3 is 5.97 Å². The predicted molar refractivity (Wildman–Crippen MR) is 105 cm³/mol. The van der Waals surface area contributed by atoms with Gasteiger partial charge < -0.3 is 15.2 Å². The van der Waals surface area contributed by atoms with Gasteiger partial charge in [0.15, 0.2) is 6.10 Å². The van der Waals surface area contributed by atoms with Crippen molar-refractivity contribution in [3.63, 3.8) is 0 Å². The average Bonchev–Trinajstić information content (AvgIpc) is 3.15. The second-order valence-electron chi connectivity index (χ2n) is 6.62. The third kappa shape index (κ3) is 5.14. The molecular weight excluding hydrogens is 377 g/mol. The van der Waals surface area contributed by atoms with Crippen LogP contribution in [0.5, 0.6) is 0 Å². The van der Waals surface area contributed by atoms with E-state index in [0.717, 1.165) is 22.4 Å². The van der Waals surface area contributed by atoms with Crippen molar-refractivity contribution in [2.75, 3.05) is 12.4 Å². The number of aromatic nitrogens is 4. The molecule has 29 heavy (non-hydrogen) atoms. The molecule has 2 N–H and O–H groups in total. The molecule has 3 rings (SSSR count). The van der Waals surface area contributed by atoms with Gasteiger partial charge in [0.25, 0.3) is 0 Å². The second kappa shape index (κ2) is 8.78. The van der Waals surface area contributed by atoms with Gasteiger partial charge in [0.2, 0.25) is 5.95 Å². The largest absolute Gasteiger partial charge is 0.467 e. The summed E-state index contributed by atoms with van der Waals surface area (Å²) in [5, 5.41) is 17.1. The lowest BCUT2D eigenvalue weighted by Crippen LogP contribution is -2.27. The smallest absolute Gasteiger partial charge is 0.336 e. The van der Waals surface area contributed by atoms with Crippen LogP contribution in [0.15, 0.2) is 42.9 Å². The fourth-order valence-corrected chi connectivity index (χ4v) is 2.81. The molecule has 1 aromatic carbocycles. The Labute approximate surface area is 167 Å². The fraction of sp³-hybridized carbons (Fsp3) is 0.300. The first-order chi connectivity index (χ1) is 13.9. The van der Waals surface area contributed by atoms with E-state index in [0.29, 0.717) is 11.6 Å². The van der Waals surface area contributed by atoms with Crippen molar-refractivity contribution in [3.05, 3.63) is 54.1 Å². The van der Waals surface area contributed by atoms with Crippen molar-refractivity contribution in [3.8, 4) is 11.1 Å². The number of ether oxygens (including phenoxy) is 1. The predicted octanol–water partition coefficient (Wildman–Crippen LogP) is 2.96. The number of hydrogen-bond donors (Lipinski definition) is 2. The van der Waals surface area contributed by atoms with Crippen molar-refractivity contribution < 1.29 is 19.0 Å². The molecule has 0 fully saturated rings. The maximum absolute atomic E-state index is 13.5. The van der Waals surface area contributed by atoms with Crippen LogP contribution >= 0.6 is 0 Å². The number of benzene rings is 1. The minimum absolute atomic E-state index is 0.00829. The summed E-state index contributed by atoms with van der Waals surface area (Å²) in [6, 6.07) is 7.32. The molecule has 2 aromatic heterocycles. The molecule has 9 heteroatoms. The lowest BCUT2D eigenvalue weighted by Gasteiger charge is -2.10. The van der Waals surface area contributed by atoms with Crippen LogP contribution in [0.25, 0.3) is 11.1 Å². The lowest BCUT2D eigenvalue weighted by molar-refractivity contribution is -0.151. The molecule has 152 valence electrons. The molecule has 8 nitrogen and oxygen atoms in total. The molecule has 0 aliphatic carbocycles. The number of hydrogen-bond acceptors (Lipinski definition) is 7. The van der Waals surface area contributed by atoms with Gasteiger partial charge in [-0.05, 0) is 43.2 Å². The van der Waals surface area contributed by atoms with Gasteiger partial charge in [-0.1, -0.05) is 6.07 Å². The van der Waals surface area contributed by atoms with Crippen LogP contribution in [0.4, 0.5) is 16.0 Å². The summed E-state index contributed by atoms with van der Waals surface area (Å²) in [5.74, 6) is -0.408. The molecule has 0 spiro atoms. The van der Waals surface area contributed by atoms with Crippen LogP contribution in [0.2, 0.25) is 0 Å². The summed E-state index contributed by atoms with van der Waals surface area (Å²) in [7, 11) is 1.22. The number of alkyl halides is 1. The number of carbonyl (C=O) groups is 1. The standard InChI is InChI=1S/C20H22FN5O3/c1-12-6-14(15-9-23-26(10-15)11-18(27)19(28)29-3)8-16(7-12)24-20-22-5-4-17(25-20)13(2)21/h4-10,13,18,27H,11H2,1-3H3,(H,22,24,25)/t13?,18-/m0/s1. The third-order valence-electron chi connectivity index (χ3n) is 4.22. The SMILES string of the molecule is COC(=O)[C@@H](O)Cn1cc(-c2cc(C)cc(Nc3nccc(C(C)F)n3)c2)cn1. The molecule has 0 saturated carbocycles. The number of anilines is 2. The van der Waals surface area contributed by atoms with Crippen LogP contribution in [0.3, 0.4) is 0 Å². The Bertz CT molecular complexity index is 1010. The number of nitrogens with zero attached hydrogens (tertiary/aromatic N) is 4. The highest BCUT2D eigenvalue weighted by molar-refractivity contribution is 5.74. The molecule has 0 bridgehead atoms. The van der Waals surface area contributed by atoms with Crippen LogP contribution in [0, 0.1) is 6.92 Å². The normalized spacial score (nSPS) is 13.0. The van der Waals surface area contributed by atoms with Crippen molar-refractivity contribution in [1.29, 1.82) is 0 Å². The summed E-state index contributed by atoms with van der Waals surface area (Å²) in [6.45, 7) is 3.36. The number of nitrogens with one attached hydrogen (secondary N) is 1. The number of methoxy groups -OCH3 is 1. The lowest BCUT2D eigenvalue weighted by atomic mass is 10.1. The Morgan fingerprint density at radius 3 is 2.86 bits per heavy atom. The van der Waals surface area contributed by atoms with Crippen LogP contribution in [-0.2, 0) is 16.1 Å². The Balaban J connectivity index is 1.81. The van der Waals surface area contributed by atoms with Gasteiger partial charge in [-0.25, -0.2) is 19.2 Å². The minimum atomic E-state index is -1.29. The van der Waals surface area contributed by atoms with E-state index in [4.69, 9.17) is 0 Å². The Kier molecular flexibility index (Phi) is 6.18. The van der Waals surface area contributed by atoms with E-state index in [1.54, 1.807) is 12.4 Å². The zero-order valence-corrected chi connectivity index (χ0v) is 16.3. The Morgan fingerprint density at radius 1 is 1.34 bits per heavy atom. The first kappa shape index (κ1) is 20.4. The highest BCUT2D eigenvalue weighted by Crippen LogP contribution is 2.26. The molecule has 1 unspecified atom stereocenters. The third-order valence-corrected chi connectivity index (χ3v) is 4.22. The van der Waals surface area contributed by atoms with Gasteiger partial charge in [0, 0.05) is 23.6 Å². The maximum Gasteiger partial charge on any atom is 0.336 e. The second-order valence-corrected chi connectivity index (χ2v) is 6.62. The maximum atomic E-state index is 13.5. The van der Waals surface area contributed by atoms with E-state index >= 15 is 0 Å². The molecule has 0 aliphatic rings. The highest BCUT2D eigenvalue weighted by atomic mass is 19.1. The Morgan fingerprint density at radius 2 is 2.14 bits per heavy atom. The van der Waals surface area contributed by atoms with Gasteiger partial charge in [-0.2, -0.15) is 5.10 Å². The average molecular weight is 399 g/mol. The summed E-state index contributed by atoms with van der Waals surface area (Å²) < 4.78 is 19.5.